The molecule has 2 rings (SSSR count). The second kappa shape index (κ2) is 3.77. The molecule has 1 aromatic heterocycles. The summed E-state index contributed by atoms with van der Waals surface area (Å²) in [6, 6.07) is 2.26. The van der Waals surface area contributed by atoms with E-state index in [2.05, 4.69) is 15.9 Å². The molecule has 0 amide bonds. The van der Waals surface area contributed by atoms with Gasteiger partial charge in [0.1, 0.15) is 5.82 Å². The predicted molar refractivity (Wildman–Crippen MR) is 53.6 cm³/mol. The molecule has 0 aliphatic carbocycles. The third-order valence-electron chi connectivity index (χ3n) is 2.25. The number of H-pyrrole nitrogens is 1. The quantitative estimate of drug-likeness (QED) is 0.604. The lowest BCUT2D eigenvalue weighted by Crippen LogP contribution is -2.06. The minimum Gasteiger partial charge on any atom is -0.334 e. The van der Waals surface area contributed by atoms with Crippen molar-refractivity contribution in [1.29, 1.82) is 0 Å². The highest BCUT2D eigenvalue weighted by Crippen LogP contribution is 2.30. The van der Waals surface area contributed by atoms with Gasteiger partial charge in [-0.05, 0) is 12.1 Å². The van der Waals surface area contributed by atoms with Crippen LogP contribution < -0.4 is 0 Å². The average Bonchev–Trinajstić information content (AvgIpc) is 2.66. The Morgan fingerprint density at radius 3 is 2.65 bits per heavy atom. The molecule has 0 fully saturated rings. The van der Waals surface area contributed by atoms with E-state index in [1.54, 1.807) is 0 Å². The first-order chi connectivity index (χ1) is 7.93. The molecule has 0 atom stereocenters. The van der Waals surface area contributed by atoms with Gasteiger partial charge in [0.15, 0.2) is 0 Å². The second-order valence-electron chi connectivity index (χ2n) is 3.39. The molecule has 88 valence electrons. The van der Waals surface area contributed by atoms with Gasteiger partial charge < -0.3 is 4.98 Å². The number of aromatic amines is 1. The molecule has 1 N–H and O–H groups in total. The smallest absolute Gasteiger partial charge is 0.334 e. The number of fused-ring (bicyclic) bond motifs is 1. The zero-order chi connectivity index (χ0) is 12.6. The monoisotopic (exact) mass is 242 g/mol. The van der Waals surface area contributed by atoms with Gasteiger partial charge in [-0.3, -0.25) is 0 Å². The van der Waals surface area contributed by atoms with Gasteiger partial charge in [-0.25, -0.2) is 9.37 Å². The van der Waals surface area contributed by atoms with E-state index in [4.69, 9.17) is 6.42 Å². The Bertz CT molecular complexity index is 604. The van der Waals surface area contributed by atoms with Crippen LogP contribution in [-0.2, 0) is 12.6 Å². The minimum atomic E-state index is -4.59. The Morgan fingerprint density at radius 2 is 2.06 bits per heavy atom. The van der Waals surface area contributed by atoms with Crippen LogP contribution in [0.15, 0.2) is 12.1 Å². The fourth-order valence-electron chi connectivity index (χ4n) is 1.51. The van der Waals surface area contributed by atoms with Crippen LogP contribution >= 0.6 is 0 Å². The maximum Gasteiger partial charge on any atom is 0.449 e. The Labute approximate surface area is 93.7 Å². The number of hydrogen-bond acceptors (Lipinski definition) is 1. The third-order valence-corrected chi connectivity index (χ3v) is 2.25. The van der Waals surface area contributed by atoms with Crippen molar-refractivity contribution in [2.24, 2.45) is 0 Å². The van der Waals surface area contributed by atoms with Gasteiger partial charge in [-0.2, -0.15) is 13.2 Å². The SMILES string of the molecule is C#CCc1c(F)ccc2[nH]c(C(F)(F)F)nc12. The van der Waals surface area contributed by atoms with Gasteiger partial charge >= 0.3 is 6.18 Å². The maximum atomic E-state index is 13.4. The summed E-state index contributed by atoms with van der Waals surface area (Å²) < 4.78 is 50.6. The Hall–Kier alpha value is -2.03. The van der Waals surface area contributed by atoms with E-state index in [0.29, 0.717) is 0 Å². The van der Waals surface area contributed by atoms with Crippen LogP contribution in [0.2, 0.25) is 0 Å². The van der Waals surface area contributed by atoms with Gasteiger partial charge in [-0.15, -0.1) is 12.3 Å². The highest BCUT2D eigenvalue weighted by molar-refractivity contribution is 5.79. The van der Waals surface area contributed by atoms with Gasteiger partial charge in [0.25, 0.3) is 0 Å². The number of nitrogens with one attached hydrogen (secondary N) is 1. The number of rotatable bonds is 1. The first-order valence-electron chi connectivity index (χ1n) is 4.61. The summed E-state index contributed by atoms with van der Waals surface area (Å²) in [5, 5.41) is 0. The zero-order valence-electron chi connectivity index (χ0n) is 8.40. The summed E-state index contributed by atoms with van der Waals surface area (Å²) in [5.41, 5.74) is 0.0380. The van der Waals surface area contributed by atoms with Crippen LogP contribution in [0.3, 0.4) is 0 Å². The van der Waals surface area contributed by atoms with Crippen LogP contribution in [-0.4, -0.2) is 9.97 Å². The van der Waals surface area contributed by atoms with Crippen molar-refractivity contribution in [1.82, 2.24) is 9.97 Å². The van der Waals surface area contributed by atoms with E-state index < -0.39 is 17.8 Å². The topological polar surface area (TPSA) is 28.7 Å². The summed E-state index contributed by atoms with van der Waals surface area (Å²) in [6.45, 7) is 0. The van der Waals surface area contributed by atoms with E-state index >= 15 is 0 Å². The lowest BCUT2D eigenvalue weighted by atomic mass is 10.1. The Morgan fingerprint density at radius 1 is 1.35 bits per heavy atom. The third kappa shape index (κ3) is 1.96. The van der Waals surface area contributed by atoms with Crippen molar-refractivity contribution >= 4 is 11.0 Å². The number of terminal acetylenes is 1. The van der Waals surface area contributed by atoms with Crippen molar-refractivity contribution in [2.75, 3.05) is 0 Å². The summed E-state index contributed by atoms with van der Waals surface area (Å²) >= 11 is 0. The highest BCUT2D eigenvalue weighted by atomic mass is 19.4. The normalized spacial score (nSPS) is 11.7. The van der Waals surface area contributed by atoms with Gasteiger partial charge in [0, 0.05) is 12.0 Å². The molecule has 0 aliphatic rings. The maximum absolute atomic E-state index is 13.4. The molecule has 0 aliphatic heterocycles. The van der Waals surface area contributed by atoms with Crippen molar-refractivity contribution in [3.8, 4) is 12.3 Å². The van der Waals surface area contributed by atoms with E-state index in [9.17, 15) is 17.6 Å². The number of hydrogen-bond donors (Lipinski definition) is 1. The van der Waals surface area contributed by atoms with Crippen LogP contribution in [0.25, 0.3) is 11.0 Å². The fourth-order valence-corrected chi connectivity index (χ4v) is 1.51. The molecule has 0 saturated heterocycles. The Kier molecular flexibility index (Phi) is 2.54. The Balaban J connectivity index is 2.69. The van der Waals surface area contributed by atoms with Gasteiger partial charge in [-0.1, -0.05) is 0 Å². The molecule has 0 radical (unpaired) electrons. The number of alkyl halides is 3. The number of halogens is 4. The molecule has 0 saturated carbocycles. The summed E-state index contributed by atoms with van der Waals surface area (Å²) in [7, 11) is 0. The zero-order valence-corrected chi connectivity index (χ0v) is 8.40. The van der Waals surface area contributed by atoms with Crippen molar-refractivity contribution in [3.63, 3.8) is 0 Å². The largest absolute Gasteiger partial charge is 0.449 e. The number of nitrogens with zero attached hydrogens (tertiary/aromatic N) is 1. The molecule has 17 heavy (non-hydrogen) atoms. The van der Waals surface area contributed by atoms with Gasteiger partial charge in [0.2, 0.25) is 5.82 Å². The molecule has 2 aromatic rings. The molecule has 6 heteroatoms. The highest BCUT2D eigenvalue weighted by Gasteiger charge is 2.35. The summed E-state index contributed by atoms with van der Waals surface area (Å²) in [6.07, 6.45) is 0.336. The summed E-state index contributed by atoms with van der Waals surface area (Å²) in [5.74, 6) is 0.377. The number of aromatic nitrogens is 2. The van der Waals surface area contributed by atoms with E-state index in [-0.39, 0.29) is 23.0 Å². The fraction of sp³-hybridized carbons (Fsp3) is 0.182. The van der Waals surface area contributed by atoms with E-state index in [1.807, 2.05) is 0 Å². The van der Waals surface area contributed by atoms with Crippen molar-refractivity contribution in [3.05, 3.63) is 29.3 Å². The predicted octanol–water partition coefficient (Wildman–Crippen LogP) is 2.90. The molecule has 0 bridgehead atoms. The molecule has 1 heterocycles. The molecular formula is C11H6F4N2. The van der Waals surface area contributed by atoms with E-state index in [0.717, 1.165) is 6.07 Å². The van der Waals surface area contributed by atoms with Crippen molar-refractivity contribution in [2.45, 2.75) is 12.6 Å². The minimum absolute atomic E-state index is 0.00301. The molecular weight excluding hydrogens is 236 g/mol. The van der Waals surface area contributed by atoms with Crippen LogP contribution in [0.4, 0.5) is 17.6 Å². The number of benzene rings is 1. The van der Waals surface area contributed by atoms with Crippen molar-refractivity contribution < 1.29 is 17.6 Å². The lowest BCUT2D eigenvalue weighted by Gasteiger charge is -1.99. The van der Waals surface area contributed by atoms with Crippen LogP contribution in [0.5, 0.6) is 0 Å². The van der Waals surface area contributed by atoms with Crippen LogP contribution in [0, 0.1) is 18.2 Å². The van der Waals surface area contributed by atoms with E-state index in [1.165, 1.54) is 6.07 Å². The standard InChI is InChI=1S/C11H6F4N2/c1-2-3-6-7(12)4-5-8-9(6)17-10(16-8)11(13,14)15/h1,4-5H,3H2,(H,16,17). The first-order valence-corrected chi connectivity index (χ1v) is 4.61. The van der Waals surface area contributed by atoms with Crippen LogP contribution in [0.1, 0.15) is 11.4 Å². The second-order valence-corrected chi connectivity index (χ2v) is 3.39. The molecule has 0 unspecified atom stereocenters. The summed E-state index contributed by atoms with van der Waals surface area (Å²) in [4.78, 5) is 5.44. The first kappa shape index (κ1) is 11.5. The molecule has 1 aromatic carbocycles. The lowest BCUT2D eigenvalue weighted by molar-refractivity contribution is -0.144. The number of imidazole rings is 1. The molecule has 2 nitrogen and oxygen atoms in total. The average molecular weight is 242 g/mol. The molecule has 0 spiro atoms. The van der Waals surface area contributed by atoms with Gasteiger partial charge in [0.05, 0.1) is 11.0 Å².